The minimum atomic E-state index is -0.537. The Labute approximate surface area is 262 Å². The van der Waals surface area contributed by atoms with Gasteiger partial charge in [0, 0.05) is 37.1 Å². The Balaban J connectivity index is 1.89. The van der Waals surface area contributed by atoms with E-state index in [1.54, 1.807) is 12.2 Å². The number of ether oxygens (including phenoxy) is 4. The van der Waals surface area contributed by atoms with Gasteiger partial charge < -0.3 is 41.0 Å². The van der Waals surface area contributed by atoms with E-state index in [1.807, 2.05) is 27.7 Å². The minimum Gasteiger partial charge on any atom is -0.462 e. The summed E-state index contributed by atoms with van der Waals surface area (Å²) in [6.45, 7) is 11.2. The molecular weight excluding hydrogens is 568 g/mol. The van der Waals surface area contributed by atoms with Crippen LogP contribution in [0.1, 0.15) is 92.9 Å². The number of hydrogen-bond acceptors (Lipinski definition) is 10. The average molecular weight is 623 g/mol. The zero-order valence-electron chi connectivity index (χ0n) is 27.3. The molecule has 0 heterocycles. The van der Waals surface area contributed by atoms with Gasteiger partial charge in [-0.3, -0.25) is 9.59 Å². The molecule has 2 rings (SSSR count). The first-order chi connectivity index (χ1) is 20.9. The molecule has 0 spiro atoms. The van der Waals surface area contributed by atoms with Gasteiger partial charge >= 0.3 is 11.9 Å². The number of rotatable bonds is 17. The van der Waals surface area contributed by atoms with Crippen LogP contribution in [0.4, 0.5) is 0 Å². The van der Waals surface area contributed by atoms with Crippen LogP contribution < -0.4 is 22.1 Å². The summed E-state index contributed by atoms with van der Waals surface area (Å²) in [4.78, 5) is 49.2. The second kappa shape index (κ2) is 18.9. The van der Waals surface area contributed by atoms with Gasteiger partial charge in [-0.2, -0.15) is 0 Å². The van der Waals surface area contributed by atoms with Crippen LogP contribution in [0.15, 0.2) is 23.3 Å². The number of nitrogens with one attached hydrogen (secondary N) is 2. The fourth-order valence-corrected chi connectivity index (χ4v) is 5.51. The van der Waals surface area contributed by atoms with E-state index in [0.717, 1.165) is 25.7 Å². The zero-order chi connectivity index (χ0) is 32.8. The Morgan fingerprint density at radius 1 is 0.705 bits per heavy atom. The van der Waals surface area contributed by atoms with Gasteiger partial charge in [-0.05, 0) is 63.5 Å². The van der Waals surface area contributed by atoms with Crippen molar-refractivity contribution >= 4 is 23.8 Å². The van der Waals surface area contributed by atoms with Crippen LogP contribution in [0.25, 0.3) is 0 Å². The van der Waals surface area contributed by atoms with Gasteiger partial charge in [0.2, 0.25) is 11.8 Å². The van der Waals surface area contributed by atoms with E-state index in [1.165, 1.54) is 13.8 Å². The van der Waals surface area contributed by atoms with Crippen molar-refractivity contribution in [3.8, 4) is 0 Å². The van der Waals surface area contributed by atoms with Gasteiger partial charge in [-0.15, -0.1) is 0 Å². The molecule has 12 heteroatoms. The maximum absolute atomic E-state index is 12.8. The maximum Gasteiger partial charge on any atom is 0.333 e. The number of nitrogens with two attached hydrogens (primary N) is 2. The molecule has 250 valence electrons. The number of esters is 2. The Kier molecular flexibility index (Phi) is 16.0. The van der Waals surface area contributed by atoms with Crippen molar-refractivity contribution in [1.82, 2.24) is 10.6 Å². The van der Waals surface area contributed by atoms with E-state index in [-0.39, 0.29) is 50.1 Å². The molecule has 0 aromatic carbocycles. The van der Waals surface area contributed by atoms with E-state index in [9.17, 15) is 19.2 Å². The third-order valence-electron chi connectivity index (χ3n) is 8.06. The van der Waals surface area contributed by atoms with Crippen LogP contribution in [-0.4, -0.2) is 85.5 Å². The molecular formula is C32H54N4O8. The van der Waals surface area contributed by atoms with Crippen molar-refractivity contribution in [3.05, 3.63) is 23.3 Å². The lowest BCUT2D eigenvalue weighted by Gasteiger charge is -2.36. The van der Waals surface area contributed by atoms with Gasteiger partial charge in [0.1, 0.15) is 0 Å². The molecule has 0 saturated carbocycles. The van der Waals surface area contributed by atoms with Crippen molar-refractivity contribution in [3.63, 3.8) is 0 Å². The lowest BCUT2D eigenvalue weighted by Crippen LogP contribution is -2.57. The van der Waals surface area contributed by atoms with Crippen LogP contribution >= 0.6 is 0 Å². The first-order valence-electron chi connectivity index (χ1n) is 16.1. The average Bonchev–Trinajstić information content (AvgIpc) is 2.98. The highest BCUT2D eigenvalue weighted by Gasteiger charge is 2.37. The predicted molar refractivity (Wildman–Crippen MR) is 166 cm³/mol. The number of unbranched alkanes of at least 4 members (excludes halogenated alkanes) is 1. The van der Waals surface area contributed by atoms with Gasteiger partial charge in [0.25, 0.3) is 0 Å². The highest BCUT2D eigenvalue weighted by atomic mass is 16.5. The summed E-state index contributed by atoms with van der Waals surface area (Å²) in [7, 11) is 0. The number of hydrogen-bond donors (Lipinski definition) is 4. The van der Waals surface area contributed by atoms with Gasteiger partial charge in [-0.25, -0.2) is 9.59 Å². The van der Waals surface area contributed by atoms with Gasteiger partial charge in [0.15, 0.2) is 0 Å². The van der Waals surface area contributed by atoms with Gasteiger partial charge in [0.05, 0.1) is 49.7 Å². The molecule has 0 aromatic heterocycles. The van der Waals surface area contributed by atoms with Crippen LogP contribution in [0.5, 0.6) is 0 Å². The Hall–Kier alpha value is -2.80. The molecule has 0 saturated heterocycles. The number of carbonyl (C=O) groups excluding carboxylic acids is 4. The fraction of sp³-hybridized carbons (Fsp3) is 0.750. The monoisotopic (exact) mass is 622 g/mol. The highest BCUT2D eigenvalue weighted by Crippen LogP contribution is 2.25. The molecule has 6 atom stereocenters. The fourth-order valence-electron chi connectivity index (χ4n) is 5.51. The summed E-state index contributed by atoms with van der Waals surface area (Å²) in [5, 5.41) is 5.72. The molecule has 0 bridgehead atoms. The molecule has 2 aliphatic carbocycles. The molecule has 6 N–H and O–H groups in total. The van der Waals surface area contributed by atoms with E-state index in [2.05, 4.69) is 10.6 Å². The normalized spacial score (nSPS) is 25.2. The van der Waals surface area contributed by atoms with Crippen molar-refractivity contribution in [1.29, 1.82) is 0 Å². The second-order valence-corrected chi connectivity index (χ2v) is 11.6. The summed E-state index contributed by atoms with van der Waals surface area (Å²) >= 11 is 0. The van der Waals surface area contributed by atoms with Crippen molar-refractivity contribution in [2.75, 3.05) is 13.2 Å². The lowest BCUT2D eigenvalue weighted by atomic mass is 9.88. The van der Waals surface area contributed by atoms with Gasteiger partial charge in [-0.1, -0.05) is 27.7 Å². The summed E-state index contributed by atoms with van der Waals surface area (Å²) in [6.07, 6.45) is 6.96. The third kappa shape index (κ3) is 11.6. The standard InChI is InChI=1S/C32H54N4O8/c1-7-23(8-2)43-27-17-21(15-25(33)29(27)35-19(5)37)31(39)41-13-11-12-14-42-32(40)22-16-26(34)30(36-20(6)38)28(18-22)44-24(9-3)10-4/h17-18,23-30H,7-16,33-34H2,1-6H3,(H,35,37)(H,36,38)/t25-,26-,27+,28+,29+,30+/m0/s1. The van der Waals surface area contributed by atoms with Crippen LogP contribution in [0, 0.1) is 0 Å². The third-order valence-corrected chi connectivity index (χ3v) is 8.06. The van der Waals surface area contributed by atoms with E-state index >= 15 is 0 Å². The summed E-state index contributed by atoms with van der Waals surface area (Å²) in [5.74, 6) is -1.38. The summed E-state index contributed by atoms with van der Waals surface area (Å²) < 4.78 is 23.3. The molecule has 44 heavy (non-hydrogen) atoms. The molecule has 2 aliphatic rings. The van der Waals surface area contributed by atoms with E-state index < -0.39 is 48.3 Å². The number of amides is 2. The molecule has 0 aromatic rings. The Morgan fingerprint density at radius 3 is 1.34 bits per heavy atom. The summed E-state index contributed by atoms with van der Waals surface area (Å²) in [5.41, 5.74) is 13.5. The molecule has 0 aliphatic heterocycles. The van der Waals surface area contributed by atoms with Crippen LogP contribution in [0.2, 0.25) is 0 Å². The van der Waals surface area contributed by atoms with Crippen molar-refractivity contribution in [2.24, 2.45) is 11.5 Å². The Morgan fingerprint density at radius 2 is 1.05 bits per heavy atom. The highest BCUT2D eigenvalue weighted by molar-refractivity contribution is 5.89. The van der Waals surface area contributed by atoms with Crippen LogP contribution in [0.3, 0.4) is 0 Å². The molecule has 0 unspecified atom stereocenters. The first-order valence-corrected chi connectivity index (χ1v) is 16.1. The largest absolute Gasteiger partial charge is 0.462 e. The first kappa shape index (κ1) is 37.4. The quantitative estimate of drug-likeness (QED) is 0.139. The smallest absolute Gasteiger partial charge is 0.333 e. The lowest BCUT2D eigenvalue weighted by molar-refractivity contribution is -0.142. The Bertz CT molecular complexity index is 944. The van der Waals surface area contributed by atoms with E-state index in [0.29, 0.717) is 24.0 Å². The predicted octanol–water partition coefficient (Wildman–Crippen LogP) is 2.32. The molecule has 12 nitrogen and oxygen atoms in total. The van der Waals surface area contributed by atoms with Crippen LogP contribution in [-0.2, 0) is 38.1 Å². The molecule has 2 amide bonds. The van der Waals surface area contributed by atoms with E-state index in [4.69, 9.17) is 30.4 Å². The minimum absolute atomic E-state index is 0.0282. The SMILES string of the molecule is CCC(CC)O[C@@H]1C=C(C(=O)OCCCCOC(=O)C2=C[C@@H](OC(CC)CC)[C@H](NC(C)=O)[C@@H](N)C2)C[C@H](N)[C@H]1NC(C)=O. The second-order valence-electron chi connectivity index (χ2n) is 11.6. The number of carbonyl (C=O) groups is 4. The van der Waals surface area contributed by atoms with Crippen molar-refractivity contribution in [2.45, 2.75) is 141 Å². The zero-order valence-corrected chi connectivity index (χ0v) is 27.3. The summed E-state index contributed by atoms with van der Waals surface area (Å²) in [6, 6.07) is -1.88. The molecule has 0 fully saturated rings. The molecule has 0 radical (unpaired) electrons. The van der Waals surface area contributed by atoms with Crippen molar-refractivity contribution < 1.29 is 38.1 Å². The maximum atomic E-state index is 12.8. The topological polar surface area (TPSA) is 181 Å².